The molecule has 108 valence electrons. The van der Waals surface area contributed by atoms with Crippen LogP contribution in [0.4, 0.5) is 0 Å². The highest BCUT2D eigenvalue weighted by atomic mass is 35.5. The van der Waals surface area contributed by atoms with Gasteiger partial charge in [-0.3, -0.25) is 9.59 Å². The first-order valence-electron chi connectivity index (χ1n) is 7.00. The van der Waals surface area contributed by atoms with Crippen LogP contribution >= 0.6 is 23.2 Å². The van der Waals surface area contributed by atoms with E-state index in [0.29, 0.717) is 12.5 Å². The Bertz CT molecular complexity index is 368. The number of halogens is 2. The second kappa shape index (κ2) is 6.01. The fraction of sp³-hybridized carbons (Fsp3) is 0.857. The third-order valence-electron chi connectivity index (χ3n) is 4.40. The van der Waals surface area contributed by atoms with E-state index in [1.807, 2.05) is 0 Å². The monoisotopic (exact) mass is 306 g/mol. The first kappa shape index (κ1) is 15.1. The van der Waals surface area contributed by atoms with Gasteiger partial charge < -0.3 is 4.74 Å². The van der Waals surface area contributed by atoms with Crippen LogP contribution in [-0.4, -0.2) is 22.7 Å². The molecule has 2 aliphatic rings. The zero-order valence-electron chi connectivity index (χ0n) is 11.2. The molecule has 2 aliphatic carbocycles. The molecule has 0 amide bonds. The number of carbonyl (C=O) groups excluding carboxylic acids is 2. The molecule has 0 saturated heterocycles. The van der Waals surface area contributed by atoms with Gasteiger partial charge in [0.15, 0.2) is 10.1 Å². The fourth-order valence-corrected chi connectivity index (χ4v) is 4.41. The number of unbranched alkanes of at least 4 members (excludes halogenated alkanes) is 2. The molecule has 19 heavy (non-hydrogen) atoms. The molecule has 0 bridgehead atoms. The van der Waals surface area contributed by atoms with Crippen molar-refractivity contribution in [2.45, 2.75) is 49.8 Å². The number of Topliss-reactive ketones (excluding diaryl/α,β-unsaturated/α-hetero) is 1. The molecule has 3 atom stereocenters. The number of hydrogen-bond acceptors (Lipinski definition) is 3. The van der Waals surface area contributed by atoms with E-state index in [1.54, 1.807) is 0 Å². The molecular formula is C14H20Cl2O3. The van der Waals surface area contributed by atoms with Crippen molar-refractivity contribution in [1.82, 2.24) is 0 Å². The molecule has 0 spiro atoms. The molecule has 3 unspecified atom stereocenters. The first-order chi connectivity index (χ1) is 8.94. The molecule has 3 nitrogen and oxygen atoms in total. The van der Waals surface area contributed by atoms with Crippen LogP contribution in [0.2, 0.25) is 0 Å². The summed E-state index contributed by atoms with van der Waals surface area (Å²) < 4.78 is 3.76. The maximum atomic E-state index is 11.7. The Kier molecular flexibility index (Phi) is 4.78. The highest BCUT2D eigenvalue weighted by molar-refractivity contribution is 6.60. The van der Waals surface area contributed by atoms with E-state index in [9.17, 15) is 9.59 Å². The number of hydrogen-bond donors (Lipinski definition) is 0. The lowest BCUT2D eigenvalue weighted by Crippen LogP contribution is -2.55. The standard InChI is InChI=1S/C14H20Cl2O3/c1-9(17)19-8-4-2-3-5-10-6-7-11-12(10)14(15,16)13(11)18/h10-12H,2-8H2,1H3. The lowest BCUT2D eigenvalue weighted by molar-refractivity contribution is -0.141. The topological polar surface area (TPSA) is 43.4 Å². The van der Waals surface area contributed by atoms with Gasteiger partial charge >= 0.3 is 5.97 Å². The van der Waals surface area contributed by atoms with E-state index in [4.69, 9.17) is 27.9 Å². The highest BCUT2D eigenvalue weighted by Crippen LogP contribution is 2.60. The lowest BCUT2D eigenvalue weighted by atomic mass is 9.69. The zero-order chi connectivity index (χ0) is 14.0. The van der Waals surface area contributed by atoms with Gasteiger partial charge in [0.05, 0.1) is 6.61 Å². The van der Waals surface area contributed by atoms with Crippen molar-refractivity contribution >= 4 is 35.0 Å². The van der Waals surface area contributed by atoms with Crippen LogP contribution in [0.1, 0.15) is 45.4 Å². The quantitative estimate of drug-likeness (QED) is 0.428. The van der Waals surface area contributed by atoms with Gasteiger partial charge in [-0.1, -0.05) is 42.5 Å². The molecule has 0 heterocycles. The Labute approximate surface area is 124 Å². The van der Waals surface area contributed by atoms with E-state index in [-0.39, 0.29) is 23.6 Å². The summed E-state index contributed by atoms with van der Waals surface area (Å²) in [5.74, 6) is 0.558. The minimum atomic E-state index is -1.12. The van der Waals surface area contributed by atoms with E-state index < -0.39 is 4.33 Å². The smallest absolute Gasteiger partial charge is 0.302 e. The third kappa shape index (κ3) is 3.08. The van der Waals surface area contributed by atoms with Gasteiger partial charge in [-0.2, -0.15) is 0 Å². The second-order valence-corrected chi connectivity index (χ2v) is 7.03. The Hall–Kier alpha value is -0.280. The van der Waals surface area contributed by atoms with Crippen LogP contribution in [0.25, 0.3) is 0 Å². The number of esters is 1. The largest absolute Gasteiger partial charge is 0.466 e. The van der Waals surface area contributed by atoms with Crippen molar-refractivity contribution in [3.8, 4) is 0 Å². The van der Waals surface area contributed by atoms with Crippen molar-refractivity contribution in [3.05, 3.63) is 0 Å². The summed E-state index contributed by atoms with van der Waals surface area (Å²) >= 11 is 12.2. The Balaban J connectivity index is 1.65. The van der Waals surface area contributed by atoms with Gasteiger partial charge in [0.1, 0.15) is 0 Å². The molecule has 0 aromatic heterocycles. The zero-order valence-corrected chi connectivity index (χ0v) is 12.7. The maximum Gasteiger partial charge on any atom is 0.302 e. The van der Waals surface area contributed by atoms with Crippen LogP contribution in [0.5, 0.6) is 0 Å². The number of ketones is 1. The van der Waals surface area contributed by atoms with E-state index in [2.05, 4.69) is 0 Å². The van der Waals surface area contributed by atoms with Gasteiger partial charge in [-0.05, 0) is 25.2 Å². The number of carbonyl (C=O) groups is 2. The molecule has 0 aromatic rings. The van der Waals surface area contributed by atoms with Gasteiger partial charge in [-0.15, -0.1) is 0 Å². The second-order valence-electron chi connectivity index (χ2n) is 5.65. The van der Waals surface area contributed by atoms with E-state index in [0.717, 1.165) is 38.5 Å². The number of alkyl halides is 2. The number of ether oxygens (including phenoxy) is 1. The van der Waals surface area contributed by atoms with Gasteiger partial charge in [0, 0.05) is 18.8 Å². The summed E-state index contributed by atoms with van der Waals surface area (Å²) in [5, 5.41) is 0. The molecule has 2 fully saturated rings. The molecule has 5 heteroatoms. The summed E-state index contributed by atoms with van der Waals surface area (Å²) in [6, 6.07) is 0. The molecule has 2 rings (SSSR count). The summed E-state index contributed by atoms with van der Waals surface area (Å²) in [5.41, 5.74) is 0. The van der Waals surface area contributed by atoms with Crippen molar-refractivity contribution in [2.24, 2.45) is 17.8 Å². The Morgan fingerprint density at radius 2 is 2.05 bits per heavy atom. The van der Waals surface area contributed by atoms with Crippen LogP contribution in [-0.2, 0) is 14.3 Å². The third-order valence-corrected chi connectivity index (χ3v) is 5.27. The summed E-state index contributed by atoms with van der Waals surface area (Å²) in [6.45, 7) is 1.92. The highest BCUT2D eigenvalue weighted by Gasteiger charge is 2.64. The van der Waals surface area contributed by atoms with Crippen LogP contribution in [0.15, 0.2) is 0 Å². The normalized spacial score (nSPS) is 31.7. The molecule has 0 aliphatic heterocycles. The Morgan fingerprint density at radius 1 is 1.32 bits per heavy atom. The van der Waals surface area contributed by atoms with E-state index >= 15 is 0 Å². The summed E-state index contributed by atoms with van der Waals surface area (Å²) in [6.07, 6.45) is 6.08. The fourth-order valence-electron chi connectivity index (χ4n) is 3.46. The summed E-state index contributed by atoms with van der Waals surface area (Å²) in [4.78, 5) is 22.3. The first-order valence-corrected chi connectivity index (χ1v) is 7.75. The van der Waals surface area contributed by atoms with Crippen LogP contribution < -0.4 is 0 Å². The Morgan fingerprint density at radius 3 is 2.74 bits per heavy atom. The number of fused-ring (bicyclic) bond motifs is 1. The summed E-state index contributed by atoms with van der Waals surface area (Å²) in [7, 11) is 0. The van der Waals surface area contributed by atoms with Crippen molar-refractivity contribution in [3.63, 3.8) is 0 Å². The minimum Gasteiger partial charge on any atom is -0.466 e. The van der Waals surface area contributed by atoms with Crippen molar-refractivity contribution in [2.75, 3.05) is 6.61 Å². The van der Waals surface area contributed by atoms with Crippen molar-refractivity contribution in [1.29, 1.82) is 0 Å². The SMILES string of the molecule is CC(=O)OCCCCCC1CCC2C(=O)C(Cl)(Cl)C12. The van der Waals surface area contributed by atoms with E-state index in [1.165, 1.54) is 6.92 Å². The predicted molar refractivity (Wildman–Crippen MR) is 74.2 cm³/mol. The molecule has 2 saturated carbocycles. The molecule has 0 radical (unpaired) electrons. The van der Waals surface area contributed by atoms with Gasteiger partial charge in [0.25, 0.3) is 0 Å². The molecule has 0 aromatic carbocycles. The average molecular weight is 307 g/mol. The minimum absolute atomic E-state index is 0.0261. The van der Waals surface area contributed by atoms with Crippen LogP contribution in [0.3, 0.4) is 0 Å². The average Bonchev–Trinajstić information content (AvgIpc) is 2.74. The van der Waals surface area contributed by atoms with Gasteiger partial charge in [-0.25, -0.2) is 0 Å². The predicted octanol–water partition coefficient (Wildman–Crippen LogP) is 3.51. The maximum absolute atomic E-state index is 11.7. The number of rotatable bonds is 6. The van der Waals surface area contributed by atoms with Crippen molar-refractivity contribution < 1.29 is 14.3 Å². The van der Waals surface area contributed by atoms with Gasteiger partial charge in [0.2, 0.25) is 0 Å². The lowest BCUT2D eigenvalue weighted by Gasteiger charge is -2.44. The van der Waals surface area contributed by atoms with Crippen LogP contribution in [0, 0.1) is 17.8 Å². The molecular weight excluding hydrogens is 287 g/mol. The molecule has 0 N–H and O–H groups in total.